The van der Waals surface area contributed by atoms with Crippen molar-refractivity contribution in [3.63, 3.8) is 0 Å². The standard InChI is InChI=1S/C14H21N3O/c1-12-5-3-4-6-13(12)11-16(2)14(18)17-9-7-15-8-10-17/h3-6,15H,7-11H2,1-2H3. The van der Waals surface area contributed by atoms with Gasteiger partial charge in [0.15, 0.2) is 0 Å². The Bertz CT molecular complexity index is 413. The fourth-order valence-corrected chi connectivity index (χ4v) is 2.21. The maximum absolute atomic E-state index is 12.2. The van der Waals surface area contributed by atoms with E-state index in [1.54, 1.807) is 4.90 Å². The van der Waals surface area contributed by atoms with E-state index in [4.69, 9.17) is 0 Å². The van der Waals surface area contributed by atoms with Crippen molar-refractivity contribution in [2.45, 2.75) is 13.5 Å². The van der Waals surface area contributed by atoms with Gasteiger partial charge in [-0.15, -0.1) is 0 Å². The fraction of sp³-hybridized carbons (Fsp3) is 0.500. The third-order valence-corrected chi connectivity index (χ3v) is 3.38. The van der Waals surface area contributed by atoms with Gasteiger partial charge in [0.1, 0.15) is 0 Å². The van der Waals surface area contributed by atoms with Gasteiger partial charge in [-0.1, -0.05) is 24.3 Å². The van der Waals surface area contributed by atoms with E-state index in [9.17, 15) is 4.79 Å². The maximum atomic E-state index is 12.2. The predicted octanol–water partition coefficient (Wildman–Crippen LogP) is 1.45. The van der Waals surface area contributed by atoms with E-state index >= 15 is 0 Å². The average Bonchev–Trinajstić information content (AvgIpc) is 2.41. The minimum absolute atomic E-state index is 0.125. The largest absolute Gasteiger partial charge is 0.323 e. The van der Waals surface area contributed by atoms with Crippen LogP contribution in [0.25, 0.3) is 0 Å². The molecule has 1 heterocycles. The Labute approximate surface area is 109 Å². The molecule has 1 aliphatic rings. The van der Waals surface area contributed by atoms with Gasteiger partial charge in [-0.3, -0.25) is 0 Å². The Balaban J connectivity index is 1.96. The van der Waals surface area contributed by atoms with Crippen molar-refractivity contribution < 1.29 is 4.79 Å². The number of amides is 2. The number of urea groups is 1. The Morgan fingerprint density at radius 3 is 2.67 bits per heavy atom. The zero-order valence-corrected chi connectivity index (χ0v) is 11.1. The van der Waals surface area contributed by atoms with E-state index < -0.39 is 0 Å². The highest BCUT2D eigenvalue weighted by Crippen LogP contribution is 2.11. The summed E-state index contributed by atoms with van der Waals surface area (Å²) in [6, 6.07) is 8.33. The summed E-state index contributed by atoms with van der Waals surface area (Å²) in [6.45, 7) is 6.15. The number of carbonyl (C=O) groups excluding carboxylic acids is 1. The SMILES string of the molecule is Cc1ccccc1CN(C)C(=O)N1CCNCC1. The highest BCUT2D eigenvalue weighted by molar-refractivity contribution is 5.74. The highest BCUT2D eigenvalue weighted by atomic mass is 16.2. The molecule has 0 aliphatic carbocycles. The van der Waals surface area contributed by atoms with Crippen LogP contribution in [0.2, 0.25) is 0 Å². The second-order valence-electron chi connectivity index (χ2n) is 4.80. The summed E-state index contributed by atoms with van der Waals surface area (Å²) < 4.78 is 0. The molecule has 1 aromatic rings. The van der Waals surface area contributed by atoms with Gasteiger partial charge in [-0.25, -0.2) is 4.79 Å². The first kappa shape index (κ1) is 12.9. The minimum Gasteiger partial charge on any atom is -0.323 e. The minimum atomic E-state index is 0.125. The lowest BCUT2D eigenvalue weighted by Gasteiger charge is -2.31. The summed E-state index contributed by atoms with van der Waals surface area (Å²) in [5, 5.41) is 3.25. The number of hydrogen-bond donors (Lipinski definition) is 1. The third kappa shape index (κ3) is 3.01. The molecule has 0 saturated carbocycles. The normalized spacial score (nSPS) is 15.6. The summed E-state index contributed by atoms with van der Waals surface area (Å²) >= 11 is 0. The molecule has 98 valence electrons. The van der Waals surface area contributed by atoms with Gasteiger partial charge in [-0.05, 0) is 18.1 Å². The topological polar surface area (TPSA) is 35.6 Å². The van der Waals surface area contributed by atoms with Crippen LogP contribution < -0.4 is 5.32 Å². The average molecular weight is 247 g/mol. The number of nitrogens with zero attached hydrogens (tertiary/aromatic N) is 2. The first-order valence-electron chi connectivity index (χ1n) is 6.44. The first-order valence-corrected chi connectivity index (χ1v) is 6.44. The van der Waals surface area contributed by atoms with Crippen LogP contribution in [0.5, 0.6) is 0 Å². The number of benzene rings is 1. The van der Waals surface area contributed by atoms with Crippen LogP contribution in [0.4, 0.5) is 4.79 Å². The van der Waals surface area contributed by atoms with Crippen LogP contribution in [0, 0.1) is 6.92 Å². The molecule has 2 rings (SSSR count). The molecule has 0 atom stereocenters. The first-order chi connectivity index (χ1) is 8.68. The maximum Gasteiger partial charge on any atom is 0.320 e. The molecule has 0 aromatic heterocycles. The van der Waals surface area contributed by atoms with Gasteiger partial charge in [0, 0.05) is 39.8 Å². The number of carbonyl (C=O) groups is 1. The Morgan fingerprint density at radius 2 is 2.00 bits per heavy atom. The summed E-state index contributed by atoms with van der Waals surface area (Å²) in [7, 11) is 1.87. The molecule has 0 unspecified atom stereocenters. The van der Waals surface area contributed by atoms with Gasteiger partial charge < -0.3 is 15.1 Å². The molecular formula is C14H21N3O. The molecule has 0 bridgehead atoms. The van der Waals surface area contributed by atoms with Crippen molar-refractivity contribution in [2.75, 3.05) is 33.2 Å². The quantitative estimate of drug-likeness (QED) is 0.858. The number of aryl methyl sites for hydroxylation is 1. The van der Waals surface area contributed by atoms with Crippen molar-refractivity contribution in [2.24, 2.45) is 0 Å². The molecule has 1 aliphatic heterocycles. The summed E-state index contributed by atoms with van der Waals surface area (Å²) in [6.07, 6.45) is 0. The number of hydrogen-bond acceptors (Lipinski definition) is 2. The summed E-state index contributed by atoms with van der Waals surface area (Å²) in [4.78, 5) is 15.9. The van der Waals surface area contributed by atoms with Crippen LogP contribution in [-0.4, -0.2) is 49.1 Å². The van der Waals surface area contributed by atoms with E-state index in [1.807, 2.05) is 24.1 Å². The lowest BCUT2D eigenvalue weighted by Crippen LogP contribution is -2.50. The van der Waals surface area contributed by atoms with E-state index in [0.717, 1.165) is 26.2 Å². The molecule has 1 aromatic carbocycles. The van der Waals surface area contributed by atoms with Crippen LogP contribution in [0.15, 0.2) is 24.3 Å². The monoisotopic (exact) mass is 247 g/mol. The molecule has 0 spiro atoms. The zero-order chi connectivity index (χ0) is 13.0. The molecule has 4 nitrogen and oxygen atoms in total. The number of nitrogens with one attached hydrogen (secondary N) is 1. The van der Waals surface area contributed by atoms with Gasteiger partial charge in [0.05, 0.1) is 0 Å². The predicted molar refractivity (Wildman–Crippen MR) is 72.5 cm³/mol. The van der Waals surface area contributed by atoms with Crippen LogP contribution >= 0.6 is 0 Å². The van der Waals surface area contributed by atoms with E-state index in [2.05, 4.69) is 24.4 Å². The number of rotatable bonds is 2. The summed E-state index contributed by atoms with van der Waals surface area (Å²) in [5.41, 5.74) is 2.45. The smallest absolute Gasteiger partial charge is 0.320 e. The second kappa shape index (κ2) is 5.87. The molecule has 0 radical (unpaired) electrons. The Morgan fingerprint density at radius 1 is 1.33 bits per heavy atom. The van der Waals surface area contributed by atoms with Crippen molar-refractivity contribution in [3.05, 3.63) is 35.4 Å². The molecule has 2 amide bonds. The highest BCUT2D eigenvalue weighted by Gasteiger charge is 2.19. The molecule has 1 fully saturated rings. The Hall–Kier alpha value is -1.55. The third-order valence-electron chi connectivity index (χ3n) is 3.38. The summed E-state index contributed by atoms with van der Waals surface area (Å²) in [5.74, 6) is 0. The van der Waals surface area contributed by atoms with Crippen LogP contribution in [-0.2, 0) is 6.54 Å². The van der Waals surface area contributed by atoms with Gasteiger partial charge in [-0.2, -0.15) is 0 Å². The molecule has 4 heteroatoms. The molecule has 1 N–H and O–H groups in total. The Kier molecular flexibility index (Phi) is 4.20. The molecule has 1 saturated heterocycles. The molecular weight excluding hydrogens is 226 g/mol. The van der Waals surface area contributed by atoms with Crippen molar-refractivity contribution in [1.29, 1.82) is 0 Å². The van der Waals surface area contributed by atoms with Crippen LogP contribution in [0.1, 0.15) is 11.1 Å². The fourth-order valence-electron chi connectivity index (χ4n) is 2.21. The lowest BCUT2D eigenvalue weighted by molar-refractivity contribution is 0.154. The van der Waals surface area contributed by atoms with E-state index in [1.165, 1.54) is 11.1 Å². The van der Waals surface area contributed by atoms with Gasteiger partial charge >= 0.3 is 6.03 Å². The lowest BCUT2D eigenvalue weighted by atomic mass is 10.1. The number of piperazine rings is 1. The zero-order valence-electron chi connectivity index (χ0n) is 11.1. The van der Waals surface area contributed by atoms with Crippen LogP contribution in [0.3, 0.4) is 0 Å². The van der Waals surface area contributed by atoms with Crippen molar-refractivity contribution in [1.82, 2.24) is 15.1 Å². The van der Waals surface area contributed by atoms with Crippen molar-refractivity contribution >= 4 is 6.03 Å². The van der Waals surface area contributed by atoms with Gasteiger partial charge in [0.25, 0.3) is 0 Å². The molecule has 18 heavy (non-hydrogen) atoms. The van der Waals surface area contributed by atoms with E-state index in [-0.39, 0.29) is 6.03 Å². The second-order valence-corrected chi connectivity index (χ2v) is 4.80. The van der Waals surface area contributed by atoms with E-state index in [0.29, 0.717) is 6.54 Å². The van der Waals surface area contributed by atoms with Crippen molar-refractivity contribution in [3.8, 4) is 0 Å². The van der Waals surface area contributed by atoms with Gasteiger partial charge in [0.2, 0.25) is 0 Å².